The van der Waals surface area contributed by atoms with Crippen LogP contribution >= 0.6 is 0 Å². The van der Waals surface area contributed by atoms with Gasteiger partial charge < -0.3 is 19.8 Å². The van der Waals surface area contributed by atoms with Gasteiger partial charge in [-0.25, -0.2) is 0 Å². The smallest absolute Gasteiger partial charge is 0.550 e. The van der Waals surface area contributed by atoms with E-state index in [1.165, 1.54) is 0 Å². The molecule has 3 atom stereocenters. The van der Waals surface area contributed by atoms with E-state index < -0.39 is 23.3 Å². The van der Waals surface area contributed by atoms with Crippen LogP contribution in [0, 0.1) is 17.3 Å². The third kappa shape index (κ3) is 2.45. The summed E-state index contributed by atoms with van der Waals surface area (Å²) in [6, 6.07) is 0. The van der Waals surface area contributed by atoms with Gasteiger partial charge in [0, 0.05) is 23.3 Å². The molecule has 0 heterocycles. The molecule has 0 amide bonds. The summed E-state index contributed by atoms with van der Waals surface area (Å²) in [5, 5.41) is 21.6. The van der Waals surface area contributed by atoms with Crippen molar-refractivity contribution in [2.45, 2.75) is 25.7 Å². The molecule has 2 fully saturated rings. The maximum Gasteiger partial charge on any atom is 1.00 e. The predicted octanol–water partition coefficient (Wildman–Crippen LogP) is -7.70. The van der Waals surface area contributed by atoms with E-state index in [1.807, 2.05) is 0 Å². The Balaban J connectivity index is 0.000000980. The summed E-state index contributed by atoms with van der Waals surface area (Å²) in [4.78, 5) is 21.6. The van der Waals surface area contributed by atoms with Crippen LogP contribution < -0.4 is 69.3 Å². The summed E-state index contributed by atoms with van der Waals surface area (Å²) in [7, 11) is 0. The summed E-state index contributed by atoms with van der Waals surface area (Å²) in [5.41, 5.74) is -1.11. The molecule has 0 aromatic rings. The molecular formula is C9H10Na2O4. The average molecular weight is 228 g/mol. The molecule has 2 rings (SSSR count). The minimum absolute atomic E-state index is 0. The van der Waals surface area contributed by atoms with E-state index in [0.717, 1.165) is 6.42 Å². The van der Waals surface area contributed by atoms with Crippen molar-refractivity contribution < 1.29 is 78.9 Å². The van der Waals surface area contributed by atoms with Crippen LogP contribution in [0.4, 0.5) is 0 Å². The monoisotopic (exact) mass is 228 g/mol. The summed E-state index contributed by atoms with van der Waals surface area (Å²) >= 11 is 0. The van der Waals surface area contributed by atoms with Crippen LogP contribution in [0.25, 0.3) is 0 Å². The number of rotatable bonds is 2. The third-order valence-corrected chi connectivity index (χ3v) is 3.58. The van der Waals surface area contributed by atoms with E-state index in [-0.39, 0.29) is 65.0 Å². The van der Waals surface area contributed by atoms with E-state index in [1.54, 1.807) is 0 Å². The first-order chi connectivity index (χ1) is 6.06. The summed E-state index contributed by atoms with van der Waals surface area (Å²) in [6.07, 6.45) is 2.18. The first-order valence-electron chi connectivity index (χ1n) is 4.48. The standard InChI is InChI=1S/C9H12O4.2Na/c10-7(11)6-3-5-1-2-9(6,4-5)8(12)13;;/h5-6H,1-4H2,(H,10,11)(H,12,13);;/q;2*+1/p-2. The largest absolute Gasteiger partial charge is 1.00 e. The number of carboxylic acid groups (broad SMARTS) is 2. The van der Waals surface area contributed by atoms with Crippen LogP contribution in [0.5, 0.6) is 0 Å². The maximum absolute atomic E-state index is 10.9. The zero-order valence-corrected chi connectivity index (χ0v) is 13.1. The Hall–Kier alpha value is 0.940. The number of hydrogen-bond acceptors (Lipinski definition) is 4. The Morgan fingerprint density at radius 1 is 1.20 bits per heavy atom. The molecule has 6 heteroatoms. The Morgan fingerprint density at radius 3 is 2.13 bits per heavy atom. The van der Waals surface area contributed by atoms with Crippen LogP contribution in [0.15, 0.2) is 0 Å². The zero-order chi connectivity index (χ0) is 9.64. The third-order valence-electron chi connectivity index (χ3n) is 3.58. The second kappa shape index (κ2) is 5.52. The average Bonchev–Trinajstić information content (AvgIpc) is 2.60. The molecule has 0 saturated heterocycles. The van der Waals surface area contributed by atoms with E-state index in [9.17, 15) is 19.8 Å². The Kier molecular flexibility index (Phi) is 5.86. The van der Waals surface area contributed by atoms with Gasteiger partial charge >= 0.3 is 59.1 Å². The fourth-order valence-corrected chi connectivity index (χ4v) is 2.91. The molecular weight excluding hydrogens is 218 g/mol. The summed E-state index contributed by atoms with van der Waals surface area (Å²) in [6.45, 7) is 0. The number of fused-ring (bicyclic) bond motifs is 2. The van der Waals surface area contributed by atoms with Crippen molar-refractivity contribution in [3.63, 3.8) is 0 Å². The van der Waals surface area contributed by atoms with Crippen molar-refractivity contribution in [2.75, 3.05) is 0 Å². The molecule has 0 spiro atoms. The van der Waals surface area contributed by atoms with E-state index >= 15 is 0 Å². The number of carboxylic acids is 2. The van der Waals surface area contributed by atoms with Crippen LogP contribution in [-0.2, 0) is 9.59 Å². The Labute approximate surface area is 132 Å². The first kappa shape index (κ1) is 15.9. The fraction of sp³-hybridized carbons (Fsp3) is 0.778. The quantitative estimate of drug-likeness (QED) is 0.440. The molecule has 0 aromatic heterocycles. The molecule has 2 saturated carbocycles. The number of aliphatic carboxylic acids is 2. The molecule has 2 aliphatic carbocycles. The van der Waals surface area contributed by atoms with Gasteiger partial charge in [0.05, 0.1) is 0 Å². The maximum atomic E-state index is 10.9. The van der Waals surface area contributed by atoms with Crippen molar-refractivity contribution in [3.05, 3.63) is 0 Å². The van der Waals surface area contributed by atoms with E-state index in [2.05, 4.69) is 0 Å². The van der Waals surface area contributed by atoms with Gasteiger partial charge in [0.2, 0.25) is 0 Å². The molecule has 0 N–H and O–H groups in total. The summed E-state index contributed by atoms with van der Waals surface area (Å²) < 4.78 is 0. The van der Waals surface area contributed by atoms with E-state index in [0.29, 0.717) is 19.3 Å². The number of carbonyl (C=O) groups excluding carboxylic acids is 2. The molecule has 15 heavy (non-hydrogen) atoms. The normalized spacial score (nSPS) is 36.5. The van der Waals surface area contributed by atoms with Crippen molar-refractivity contribution in [1.82, 2.24) is 0 Å². The topological polar surface area (TPSA) is 80.3 Å². The fourth-order valence-electron chi connectivity index (χ4n) is 2.91. The van der Waals surface area contributed by atoms with Gasteiger partial charge in [0.25, 0.3) is 0 Å². The van der Waals surface area contributed by atoms with Crippen LogP contribution in [0.2, 0.25) is 0 Å². The van der Waals surface area contributed by atoms with Gasteiger partial charge in [-0.1, -0.05) is 0 Å². The molecule has 0 radical (unpaired) electrons. The van der Waals surface area contributed by atoms with Gasteiger partial charge in [0.15, 0.2) is 0 Å². The van der Waals surface area contributed by atoms with Gasteiger partial charge in [-0.15, -0.1) is 0 Å². The Morgan fingerprint density at radius 2 is 1.80 bits per heavy atom. The van der Waals surface area contributed by atoms with Gasteiger partial charge in [0.1, 0.15) is 0 Å². The van der Waals surface area contributed by atoms with Crippen molar-refractivity contribution in [2.24, 2.45) is 17.3 Å². The Bertz CT molecular complexity index is 281. The molecule has 0 aromatic carbocycles. The SMILES string of the molecule is O=C([O-])C1CC2CCC1(C(=O)[O-])C2.[Na+].[Na+]. The predicted molar refractivity (Wildman–Crippen MR) is 37.9 cm³/mol. The number of carbonyl (C=O) groups is 2. The molecule has 4 nitrogen and oxygen atoms in total. The van der Waals surface area contributed by atoms with Crippen LogP contribution in [0.1, 0.15) is 25.7 Å². The van der Waals surface area contributed by atoms with Gasteiger partial charge in [-0.05, 0) is 31.6 Å². The second-order valence-corrected chi connectivity index (χ2v) is 4.16. The van der Waals surface area contributed by atoms with Crippen molar-refractivity contribution >= 4 is 11.9 Å². The minimum atomic E-state index is -1.23. The first-order valence-corrected chi connectivity index (χ1v) is 4.48. The van der Waals surface area contributed by atoms with Gasteiger partial charge in [-0.2, -0.15) is 0 Å². The van der Waals surface area contributed by atoms with Crippen LogP contribution in [-0.4, -0.2) is 11.9 Å². The van der Waals surface area contributed by atoms with Crippen LogP contribution in [0.3, 0.4) is 0 Å². The zero-order valence-electron chi connectivity index (χ0n) is 9.12. The molecule has 3 unspecified atom stereocenters. The second-order valence-electron chi connectivity index (χ2n) is 4.16. The molecule has 72 valence electrons. The molecule has 2 aliphatic rings. The van der Waals surface area contributed by atoms with Crippen molar-refractivity contribution in [3.8, 4) is 0 Å². The molecule has 2 bridgehead atoms. The minimum Gasteiger partial charge on any atom is -0.550 e. The van der Waals surface area contributed by atoms with Gasteiger partial charge in [-0.3, -0.25) is 0 Å². The molecule has 0 aliphatic heterocycles. The van der Waals surface area contributed by atoms with E-state index in [4.69, 9.17) is 0 Å². The van der Waals surface area contributed by atoms with Crippen molar-refractivity contribution in [1.29, 1.82) is 0 Å². The summed E-state index contributed by atoms with van der Waals surface area (Å²) in [5.74, 6) is -3.01. The number of hydrogen-bond donors (Lipinski definition) is 0.